The van der Waals surface area contributed by atoms with Crippen molar-refractivity contribution in [1.29, 1.82) is 5.26 Å². The van der Waals surface area contributed by atoms with Crippen molar-refractivity contribution >= 4 is 5.91 Å². The topological polar surface area (TPSA) is 74.2 Å². The van der Waals surface area contributed by atoms with E-state index in [0.717, 1.165) is 25.9 Å². The Hall–Kier alpha value is -1.12. The Balaban J connectivity index is 1.97. The van der Waals surface area contributed by atoms with Crippen molar-refractivity contribution < 1.29 is 9.53 Å². The van der Waals surface area contributed by atoms with E-state index in [2.05, 4.69) is 10.6 Å². The molecule has 0 spiro atoms. The van der Waals surface area contributed by atoms with E-state index in [1.165, 1.54) is 0 Å². The van der Waals surface area contributed by atoms with E-state index >= 15 is 0 Å². The van der Waals surface area contributed by atoms with Crippen molar-refractivity contribution in [3.8, 4) is 6.07 Å². The fraction of sp³-hybridized carbons (Fsp3) is 0.818. The molecule has 0 unspecified atom stereocenters. The highest BCUT2D eigenvalue weighted by Crippen LogP contribution is 2.11. The van der Waals surface area contributed by atoms with Crippen molar-refractivity contribution in [1.82, 2.24) is 10.6 Å². The summed E-state index contributed by atoms with van der Waals surface area (Å²) in [5, 5.41) is 14.2. The number of carbonyl (C=O) groups excluding carboxylic acids is 1. The van der Waals surface area contributed by atoms with Gasteiger partial charge in [0, 0.05) is 6.54 Å². The molecular formula is C11H19N3O2. The minimum atomic E-state index is -0.135. The number of nitriles is 1. The second kappa shape index (κ2) is 8.08. The first-order chi connectivity index (χ1) is 7.83. The lowest BCUT2D eigenvalue weighted by atomic mass is 9.99. The van der Waals surface area contributed by atoms with Gasteiger partial charge < -0.3 is 15.4 Å². The highest BCUT2D eigenvalue weighted by Gasteiger charge is 2.13. The number of hydrogen-bond acceptors (Lipinski definition) is 4. The molecular weight excluding hydrogens is 206 g/mol. The lowest BCUT2D eigenvalue weighted by Gasteiger charge is -2.22. The molecule has 0 saturated carbocycles. The van der Waals surface area contributed by atoms with Gasteiger partial charge >= 0.3 is 0 Å². The van der Waals surface area contributed by atoms with Gasteiger partial charge in [0.15, 0.2) is 0 Å². The van der Waals surface area contributed by atoms with Crippen LogP contribution in [-0.2, 0) is 9.53 Å². The maximum Gasteiger partial charge on any atom is 0.246 e. The standard InChI is InChI=1S/C11H19N3O2/c12-4-1-5-14-11(15)9-16-8-10-2-6-13-7-3-10/h10,13H,1-3,5-9H2,(H,14,15). The zero-order valence-corrected chi connectivity index (χ0v) is 9.50. The zero-order valence-electron chi connectivity index (χ0n) is 9.50. The van der Waals surface area contributed by atoms with Crippen molar-refractivity contribution in [2.24, 2.45) is 5.92 Å². The Morgan fingerprint density at radius 3 is 2.94 bits per heavy atom. The van der Waals surface area contributed by atoms with Crippen LogP contribution in [0.3, 0.4) is 0 Å². The molecule has 1 saturated heterocycles. The van der Waals surface area contributed by atoms with E-state index in [9.17, 15) is 4.79 Å². The van der Waals surface area contributed by atoms with Gasteiger partial charge in [0.25, 0.3) is 0 Å². The Labute approximate surface area is 96.2 Å². The van der Waals surface area contributed by atoms with Crippen LogP contribution in [0.25, 0.3) is 0 Å². The molecule has 0 aromatic rings. The van der Waals surface area contributed by atoms with Gasteiger partial charge in [-0.2, -0.15) is 5.26 Å². The zero-order chi connectivity index (χ0) is 11.6. The molecule has 1 rings (SSSR count). The third-order valence-corrected chi connectivity index (χ3v) is 2.60. The predicted octanol–water partition coefficient (Wildman–Crippen LogP) is 0.0325. The molecule has 1 fully saturated rings. The van der Waals surface area contributed by atoms with Crippen molar-refractivity contribution in [2.45, 2.75) is 19.3 Å². The number of hydrogen-bond donors (Lipinski definition) is 2. The fourth-order valence-corrected chi connectivity index (χ4v) is 1.68. The predicted molar refractivity (Wildman–Crippen MR) is 59.7 cm³/mol. The number of carbonyl (C=O) groups is 1. The lowest BCUT2D eigenvalue weighted by Crippen LogP contribution is -2.32. The molecule has 5 heteroatoms. The SMILES string of the molecule is N#CCCNC(=O)COCC1CCNCC1. The molecule has 0 aromatic heterocycles. The fourth-order valence-electron chi connectivity index (χ4n) is 1.68. The van der Waals surface area contributed by atoms with Crippen LogP contribution in [0.5, 0.6) is 0 Å². The number of nitrogens with one attached hydrogen (secondary N) is 2. The maximum atomic E-state index is 11.2. The van der Waals surface area contributed by atoms with Crippen molar-refractivity contribution in [3.05, 3.63) is 0 Å². The first kappa shape index (κ1) is 12.9. The van der Waals surface area contributed by atoms with E-state index in [1.54, 1.807) is 0 Å². The maximum absolute atomic E-state index is 11.2. The van der Waals surface area contributed by atoms with Crippen LogP contribution < -0.4 is 10.6 Å². The van der Waals surface area contributed by atoms with E-state index < -0.39 is 0 Å². The second-order valence-corrected chi connectivity index (χ2v) is 3.97. The first-order valence-corrected chi connectivity index (χ1v) is 5.75. The molecule has 1 heterocycles. The molecule has 0 atom stereocenters. The van der Waals surface area contributed by atoms with E-state index in [-0.39, 0.29) is 12.5 Å². The van der Waals surface area contributed by atoms with Gasteiger partial charge in [-0.05, 0) is 31.8 Å². The van der Waals surface area contributed by atoms with Gasteiger partial charge in [0.1, 0.15) is 6.61 Å². The average Bonchev–Trinajstić information content (AvgIpc) is 2.31. The van der Waals surface area contributed by atoms with Crippen LogP contribution in [0.2, 0.25) is 0 Å². The molecule has 0 aliphatic carbocycles. The molecule has 0 aromatic carbocycles. The molecule has 0 radical (unpaired) electrons. The summed E-state index contributed by atoms with van der Waals surface area (Å²) < 4.78 is 5.34. The molecule has 2 N–H and O–H groups in total. The van der Waals surface area contributed by atoms with Crippen molar-refractivity contribution in [3.63, 3.8) is 0 Å². The van der Waals surface area contributed by atoms with Gasteiger partial charge in [-0.25, -0.2) is 0 Å². The molecule has 16 heavy (non-hydrogen) atoms. The van der Waals surface area contributed by atoms with Crippen LogP contribution >= 0.6 is 0 Å². The van der Waals surface area contributed by atoms with Gasteiger partial charge in [0.05, 0.1) is 19.1 Å². The van der Waals surface area contributed by atoms with Crippen molar-refractivity contribution in [2.75, 3.05) is 32.8 Å². The summed E-state index contributed by atoms with van der Waals surface area (Å²) in [6.45, 7) is 3.26. The Morgan fingerprint density at radius 1 is 1.50 bits per heavy atom. The van der Waals surface area contributed by atoms with Crippen LogP contribution in [-0.4, -0.2) is 38.8 Å². The summed E-state index contributed by atoms with van der Waals surface area (Å²) in [5.41, 5.74) is 0. The Morgan fingerprint density at radius 2 is 2.25 bits per heavy atom. The van der Waals surface area contributed by atoms with E-state index in [1.807, 2.05) is 6.07 Å². The molecule has 0 bridgehead atoms. The lowest BCUT2D eigenvalue weighted by molar-refractivity contribution is -0.126. The molecule has 1 amide bonds. The minimum absolute atomic E-state index is 0.107. The largest absolute Gasteiger partial charge is 0.371 e. The number of ether oxygens (including phenoxy) is 1. The summed E-state index contributed by atoms with van der Waals surface area (Å²) in [5.74, 6) is 0.442. The average molecular weight is 225 g/mol. The third kappa shape index (κ3) is 5.69. The number of nitrogens with zero attached hydrogens (tertiary/aromatic N) is 1. The van der Waals surface area contributed by atoms with Gasteiger partial charge in [-0.3, -0.25) is 4.79 Å². The monoisotopic (exact) mass is 225 g/mol. The van der Waals surface area contributed by atoms with Crippen LogP contribution in [0.15, 0.2) is 0 Å². The summed E-state index contributed by atoms with van der Waals surface area (Å²) in [4.78, 5) is 11.2. The van der Waals surface area contributed by atoms with Crippen LogP contribution in [0.4, 0.5) is 0 Å². The van der Waals surface area contributed by atoms with Gasteiger partial charge in [0.2, 0.25) is 5.91 Å². The number of piperidine rings is 1. The molecule has 5 nitrogen and oxygen atoms in total. The summed E-state index contributed by atoms with van der Waals surface area (Å²) in [7, 11) is 0. The smallest absolute Gasteiger partial charge is 0.246 e. The minimum Gasteiger partial charge on any atom is -0.371 e. The summed E-state index contributed by atoms with van der Waals surface area (Å²) in [6.07, 6.45) is 2.59. The quantitative estimate of drug-likeness (QED) is 0.626. The molecule has 1 aliphatic heterocycles. The van der Waals surface area contributed by atoms with E-state index in [4.69, 9.17) is 10.00 Å². The Bertz CT molecular complexity index is 244. The van der Waals surface area contributed by atoms with Crippen LogP contribution in [0, 0.1) is 17.2 Å². The Kier molecular flexibility index (Phi) is 6.54. The summed E-state index contributed by atoms with van der Waals surface area (Å²) >= 11 is 0. The molecule has 1 aliphatic rings. The van der Waals surface area contributed by atoms with Gasteiger partial charge in [-0.15, -0.1) is 0 Å². The van der Waals surface area contributed by atoms with Crippen LogP contribution in [0.1, 0.15) is 19.3 Å². The highest BCUT2D eigenvalue weighted by atomic mass is 16.5. The normalized spacial score (nSPS) is 16.7. The van der Waals surface area contributed by atoms with Gasteiger partial charge in [-0.1, -0.05) is 0 Å². The molecule has 90 valence electrons. The third-order valence-electron chi connectivity index (χ3n) is 2.60. The highest BCUT2D eigenvalue weighted by molar-refractivity contribution is 5.77. The van der Waals surface area contributed by atoms with E-state index in [0.29, 0.717) is 25.5 Å². The number of amides is 1. The summed E-state index contributed by atoms with van der Waals surface area (Å²) in [6, 6.07) is 1.97. The second-order valence-electron chi connectivity index (χ2n) is 3.97. The first-order valence-electron chi connectivity index (χ1n) is 5.75. The number of rotatable bonds is 6.